The highest BCUT2D eigenvalue weighted by atomic mass is 16.5. The van der Waals surface area contributed by atoms with Crippen molar-refractivity contribution in [2.45, 2.75) is 25.9 Å². The Morgan fingerprint density at radius 1 is 1.19 bits per heavy atom. The van der Waals surface area contributed by atoms with E-state index in [1.807, 2.05) is 30.3 Å². The van der Waals surface area contributed by atoms with E-state index in [2.05, 4.69) is 0 Å². The average Bonchev–Trinajstić information content (AvgIpc) is 2.48. The lowest BCUT2D eigenvalue weighted by Gasteiger charge is -2.51. The van der Waals surface area contributed by atoms with E-state index in [0.29, 0.717) is 12.5 Å². The summed E-state index contributed by atoms with van der Waals surface area (Å²) in [5, 5.41) is 0. The molecule has 4 heteroatoms. The van der Waals surface area contributed by atoms with Crippen molar-refractivity contribution >= 4 is 11.8 Å². The van der Waals surface area contributed by atoms with Gasteiger partial charge in [-0.25, -0.2) is 0 Å². The fraction of sp³-hybridized carbons (Fsp3) is 0.529. The maximum atomic E-state index is 12.5. The highest BCUT2D eigenvalue weighted by Gasteiger charge is 2.48. The Kier molecular flexibility index (Phi) is 3.81. The Balaban J connectivity index is 1.72. The first kappa shape index (κ1) is 14.3. The van der Waals surface area contributed by atoms with Crippen molar-refractivity contribution in [3.05, 3.63) is 35.9 Å². The van der Waals surface area contributed by atoms with Gasteiger partial charge in [0.2, 0.25) is 5.78 Å². The quantitative estimate of drug-likeness (QED) is 0.484. The third kappa shape index (κ3) is 3.00. The summed E-state index contributed by atoms with van der Waals surface area (Å²) < 4.78 is 6.25. The molecule has 0 saturated carbocycles. The van der Waals surface area contributed by atoms with E-state index in [1.165, 1.54) is 6.92 Å². The second-order valence-electron chi connectivity index (χ2n) is 6.40. The van der Waals surface area contributed by atoms with Crippen LogP contribution < -0.4 is 0 Å². The summed E-state index contributed by atoms with van der Waals surface area (Å²) in [5.74, 6) is 0.472. The van der Waals surface area contributed by atoms with Crippen molar-refractivity contribution in [1.82, 2.24) is 0 Å². The van der Waals surface area contributed by atoms with Crippen LogP contribution in [-0.2, 0) is 9.53 Å². The molecule has 3 saturated heterocycles. The molecular formula is C17H22NO3+. The molecule has 2 bridgehead atoms. The van der Waals surface area contributed by atoms with Gasteiger partial charge < -0.3 is 9.22 Å². The molecular weight excluding hydrogens is 266 g/mol. The number of hydrogen-bond donors (Lipinski definition) is 0. The van der Waals surface area contributed by atoms with Gasteiger partial charge >= 0.3 is 5.97 Å². The van der Waals surface area contributed by atoms with Gasteiger partial charge in [-0.1, -0.05) is 30.3 Å². The number of fused-ring (bicyclic) bond motifs is 3. The molecule has 0 unspecified atom stereocenters. The lowest BCUT2D eigenvalue weighted by atomic mass is 9.83. The molecule has 3 aliphatic heterocycles. The number of Topliss-reactive ketones (excluding diaryl/α,β-unsaturated/α-hetero) is 1. The molecule has 0 amide bonds. The molecule has 21 heavy (non-hydrogen) atoms. The zero-order valence-electron chi connectivity index (χ0n) is 12.5. The molecule has 1 atom stereocenters. The SMILES string of the molecule is CC(=O)O[C@H]1C[N+]2(CC(=O)c3ccccc3)CCC1CC2. The molecule has 3 aliphatic rings. The van der Waals surface area contributed by atoms with Gasteiger partial charge in [-0.3, -0.25) is 9.59 Å². The van der Waals surface area contributed by atoms with Crippen molar-refractivity contribution in [3.63, 3.8) is 0 Å². The number of nitrogens with zero attached hydrogens (tertiary/aromatic N) is 1. The molecule has 0 aromatic heterocycles. The van der Waals surface area contributed by atoms with Gasteiger partial charge in [0.15, 0.2) is 6.10 Å². The highest BCUT2D eigenvalue weighted by Crippen LogP contribution is 2.35. The van der Waals surface area contributed by atoms with Crippen molar-refractivity contribution in [1.29, 1.82) is 0 Å². The maximum Gasteiger partial charge on any atom is 0.303 e. The number of hydrogen-bond acceptors (Lipinski definition) is 3. The lowest BCUT2D eigenvalue weighted by molar-refractivity contribution is -0.938. The Bertz CT molecular complexity index is 532. The molecule has 4 nitrogen and oxygen atoms in total. The maximum absolute atomic E-state index is 12.5. The second kappa shape index (κ2) is 5.60. The number of ketones is 1. The summed E-state index contributed by atoms with van der Waals surface area (Å²) in [4.78, 5) is 23.7. The Morgan fingerprint density at radius 3 is 2.48 bits per heavy atom. The zero-order chi connectivity index (χ0) is 14.9. The lowest BCUT2D eigenvalue weighted by Crippen LogP contribution is -2.65. The summed E-state index contributed by atoms with van der Waals surface area (Å²) in [6, 6.07) is 9.48. The first-order valence-electron chi connectivity index (χ1n) is 7.69. The van der Waals surface area contributed by atoms with Gasteiger partial charge in [0, 0.05) is 31.2 Å². The smallest absolute Gasteiger partial charge is 0.303 e. The summed E-state index contributed by atoms with van der Waals surface area (Å²) in [6.45, 7) is 4.84. The van der Waals surface area contributed by atoms with E-state index < -0.39 is 0 Å². The highest BCUT2D eigenvalue weighted by molar-refractivity contribution is 5.96. The van der Waals surface area contributed by atoms with Crippen molar-refractivity contribution in [2.24, 2.45) is 5.92 Å². The van der Waals surface area contributed by atoms with E-state index >= 15 is 0 Å². The second-order valence-corrected chi connectivity index (χ2v) is 6.40. The summed E-state index contributed by atoms with van der Waals surface area (Å²) in [7, 11) is 0. The molecule has 1 aromatic carbocycles. The van der Waals surface area contributed by atoms with Crippen molar-refractivity contribution < 1.29 is 18.8 Å². The van der Waals surface area contributed by atoms with Crippen LogP contribution in [0.4, 0.5) is 0 Å². The fourth-order valence-electron chi connectivity index (χ4n) is 3.81. The van der Waals surface area contributed by atoms with Crippen LogP contribution in [0.15, 0.2) is 30.3 Å². The van der Waals surface area contributed by atoms with E-state index in [1.54, 1.807) is 0 Å². The molecule has 3 heterocycles. The monoisotopic (exact) mass is 288 g/mol. The molecule has 1 aromatic rings. The number of carbonyl (C=O) groups is 2. The number of rotatable bonds is 4. The first-order valence-corrected chi connectivity index (χ1v) is 7.69. The first-order chi connectivity index (χ1) is 10.1. The molecule has 0 radical (unpaired) electrons. The van der Waals surface area contributed by atoms with Gasteiger partial charge in [0.25, 0.3) is 0 Å². The number of ether oxygens (including phenoxy) is 1. The van der Waals surface area contributed by atoms with Crippen LogP contribution in [0.25, 0.3) is 0 Å². The Hall–Kier alpha value is -1.68. The van der Waals surface area contributed by atoms with Crippen LogP contribution in [0.2, 0.25) is 0 Å². The van der Waals surface area contributed by atoms with E-state index in [4.69, 9.17) is 4.74 Å². The summed E-state index contributed by atoms with van der Waals surface area (Å²) >= 11 is 0. The van der Waals surface area contributed by atoms with Crippen LogP contribution >= 0.6 is 0 Å². The van der Waals surface area contributed by atoms with Gasteiger partial charge in [-0.15, -0.1) is 0 Å². The average molecular weight is 288 g/mol. The summed E-state index contributed by atoms with van der Waals surface area (Å²) in [5.41, 5.74) is 0.779. The summed E-state index contributed by atoms with van der Waals surface area (Å²) in [6.07, 6.45) is 2.11. The van der Waals surface area contributed by atoms with E-state index in [9.17, 15) is 9.59 Å². The molecule has 0 aliphatic carbocycles. The molecule has 4 rings (SSSR count). The number of piperidine rings is 3. The van der Waals surface area contributed by atoms with E-state index in [-0.39, 0.29) is 17.9 Å². The van der Waals surface area contributed by atoms with Crippen molar-refractivity contribution in [2.75, 3.05) is 26.2 Å². The topological polar surface area (TPSA) is 43.4 Å². The van der Waals surface area contributed by atoms with Crippen LogP contribution in [0.5, 0.6) is 0 Å². The number of benzene rings is 1. The molecule has 3 fully saturated rings. The van der Waals surface area contributed by atoms with Crippen LogP contribution in [0.3, 0.4) is 0 Å². The molecule has 0 spiro atoms. The fourth-order valence-corrected chi connectivity index (χ4v) is 3.81. The predicted octanol–water partition coefficient (Wildman–Crippen LogP) is 2.04. The van der Waals surface area contributed by atoms with Gasteiger partial charge in [-0.05, 0) is 0 Å². The normalized spacial score (nSPS) is 30.9. The van der Waals surface area contributed by atoms with E-state index in [0.717, 1.165) is 42.5 Å². The van der Waals surface area contributed by atoms with Crippen LogP contribution in [-0.4, -0.2) is 48.5 Å². The number of carbonyl (C=O) groups excluding carboxylic acids is 2. The Morgan fingerprint density at radius 2 is 1.86 bits per heavy atom. The number of quaternary nitrogens is 1. The van der Waals surface area contributed by atoms with Crippen LogP contribution in [0.1, 0.15) is 30.1 Å². The van der Waals surface area contributed by atoms with Crippen LogP contribution in [0, 0.1) is 5.92 Å². The van der Waals surface area contributed by atoms with Gasteiger partial charge in [0.1, 0.15) is 13.1 Å². The van der Waals surface area contributed by atoms with Crippen molar-refractivity contribution in [3.8, 4) is 0 Å². The minimum atomic E-state index is -0.207. The molecule has 0 N–H and O–H groups in total. The third-order valence-electron chi connectivity index (χ3n) is 4.93. The van der Waals surface area contributed by atoms with Gasteiger partial charge in [-0.2, -0.15) is 0 Å². The largest absolute Gasteiger partial charge is 0.456 e. The standard InChI is InChI=1S/C17H22NO3/c1-13(19)21-17-12-18(9-7-15(17)8-10-18)11-16(20)14-5-3-2-4-6-14/h2-6,15,17H,7-12H2,1H3/q+1/t15?,17-,18?/m0/s1. The third-order valence-corrected chi connectivity index (χ3v) is 4.93. The molecule has 112 valence electrons. The zero-order valence-corrected chi connectivity index (χ0v) is 12.5. The minimum absolute atomic E-state index is 0.00595. The predicted molar refractivity (Wildman–Crippen MR) is 78.8 cm³/mol. The minimum Gasteiger partial charge on any atom is -0.456 e. The number of esters is 1. The Labute approximate surface area is 125 Å². The van der Waals surface area contributed by atoms with Gasteiger partial charge in [0.05, 0.1) is 13.1 Å².